The van der Waals surface area contributed by atoms with E-state index in [9.17, 15) is 0 Å². The summed E-state index contributed by atoms with van der Waals surface area (Å²) in [5.74, 6) is 5.46. The number of hydrogen-bond donors (Lipinski definition) is 1. The number of nitrogens with one attached hydrogen (secondary N) is 1. The van der Waals surface area contributed by atoms with Crippen LogP contribution < -0.4 is 5.32 Å². The molecule has 0 aromatic carbocycles. The normalized spacial score (nSPS) is 45.0. The topological polar surface area (TPSA) is 12.0 Å². The molecule has 1 N–H and O–H groups in total. The van der Waals surface area contributed by atoms with E-state index in [-0.39, 0.29) is 0 Å². The van der Waals surface area contributed by atoms with Gasteiger partial charge in [0.15, 0.2) is 0 Å². The molecule has 2 bridgehead atoms. The van der Waals surface area contributed by atoms with Crippen molar-refractivity contribution in [1.82, 2.24) is 5.32 Å². The van der Waals surface area contributed by atoms with Crippen molar-refractivity contribution in [3.05, 3.63) is 0 Å². The fourth-order valence-corrected chi connectivity index (χ4v) is 4.67. The molecule has 0 aliphatic heterocycles. The molecule has 0 aromatic heterocycles. The second kappa shape index (κ2) is 4.26. The summed E-state index contributed by atoms with van der Waals surface area (Å²) >= 11 is 0. The van der Waals surface area contributed by atoms with E-state index < -0.39 is 0 Å². The zero-order valence-electron chi connectivity index (χ0n) is 11.8. The van der Waals surface area contributed by atoms with Crippen LogP contribution in [0.5, 0.6) is 0 Å². The lowest BCUT2D eigenvalue weighted by atomic mass is 9.63. The second-order valence-corrected chi connectivity index (χ2v) is 7.97. The van der Waals surface area contributed by atoms with Gasteiger partial charge in [0.25, 0.3) is 0 Å². The number of rotatable bonds is 3. The smallest absolute Gasteiger partial charge is 0.00966 e. The van der Waals surface area contributed by atoms with Gasteiger partial charge >= 0.3 is 0 Å². The highest BCUT2D eigenvalue weighted by Gasteiger charge is 2.47. The van der Waals surface area contributed by atoms with Crippen LogP contribution in [0.1, 0.15) is 59.3 Å². The minimum Gasteiger partial charge on any atom is -0.312 e. The van der Waals surface area contributed by atoms with E-state index in [0.29, 0.717) is 5.54 Å². The Labute approximate surface area is 107 Å². The van der Waals surface area contributed by atoms with Gasteiger partial charge in [0.2, 0.25) is 0 Å². The van der Waals surface area contributed by atoms with E-state index in [0.717, 1.165) is 29.6 Å². The van der Waals surface area contributed by atoms with Crippen molar-refractivity contribution in [3.8, 4) is 0 Å². The summed E-state index contributed by atoms with van der Waals surface area (Å²) in [4.78, 5) is 0. The van der Waals surface area contributed by atoms with Crippen LogP contribution in [-0.4, -0.2) is 12.1 Å². The second-order valence-electron chi connectivity index (χ2n) is 7.97. The van der Waals surface area contributed by atoms with Crippen LogP contribution in [0.3, 0.4) is 0 Å². The van der Waals surface area contributed by atoms with Crippen molar-refractivity contribution in [2.75, 3.05) is 6.54 Å². The molecule has 3 aliphatic carbocycles. The molecule has 0 radical (unpaired) electrons. The molecule has 3 rings (SSSR count). The first-order valence-electron chi connectivity index (χ1n) is 7.78. The van der Waals surface area contributed by atoms with Crippen LogP contribution >= 0.6 is 0 Å². The lowest BCUT2D eigenvalue weighted by Gasteiger charge is -2.45. The minimum absolute atomic E-state index is 0.300. The maximum absolute atomic E-state index is 3.72. The van der Waals surface area contributed by atoms with Crippen molar-refractivity contribution in [3.63, 3.8) is 0 Å². The Balaban J connectivity index is 1.51. The van der Waals surface area contributed by atoms with Gasteiger partial charge in [0.05, 0.1) is 0 Å². The van der Waals surface area contributed by atoms with Crippen molar-refractivity contribution in [2.45, 2.75) is 64.8 Å². The Bertz CT molecular complexity index is 278. The summed E-state index contributed by atoms with van der Waals surface area (Å²) in [6.45, 7) is 8.14. The van der Waals surface area contributed by atoms with E-state index >= 15 is 0 Å². The highest BCUT2D eigenvalue weighted by molar-refractivity contribution is 4.98. The fourth-order valence-electron chi connectivity index (χ4n) is 4.67. The van der Waals surface area contributed by atoms with Crippen LogP contribution in [0.25, 0.3) is 0 Å². The monoisotopic (exact) mass is 235 g/mol. The SMILES string of the molecule is CC(C)(C)NCC1CCC1C1CC2CCC1C2. The van der Waals surface area contributed by atoms with Crippen molar-refractivity contribution in [2.24, 2.45) is 29.6 Å². The van der Waals surface area contributed by atoms with E-state index in [1.165, 1.54) is 19.4 Å². The molecule has 1 heteroatoms. The largest absolute Gasteiger partial charge is 0.312 e. The molecular formula is C16H29N. The maximum atomic E-state index is 3.72. The molecule has 5 unspecified atom stereocenters. The molecule has 5 atom stereocenters. The van der Waals surface area contributed by atoms with E-state index in [2.05, 4.69) is 26.1 Å². The van der Waals surface area contributed by atoms with Gasteiger partial charge in [-0.3, -0.25) is 0 Å². The van der Waals surface area contributed by atoms with Crippen LogP contribution in [0.4, 0.5) is 0 Å². The van der Waals surface area contributed by atoms with Crippen LogP contribution in [0, 0.1) is 29.6 Å². The molecule has 1 nitrogen and oxygen atoms in total. The highest BCUT2D eigenvalue weighted by atomic mass is 14.9. The third kappa shape index (κ3) is 2.41. The minimum atomic E-state index is 0.300. The number of fused-ring (bicyclic) bond motifs is 2. The molecular weight excluding hydrogens is 206 g/mol. The van der Waals surface area contributed by atoms with Gasteiger partial charge in [-0.05, 0) is 89.0 Å². The Morgan fingerprint density at radius 1 is 0.941 bits per heavy atom. The molecule has 17 heavy (non-hydrogen) atoms. The molecule has 0 amide bonds. The van der Waals surface area contributed by atoms with Crippen molar-refractivity contribution < 1.29 is 0 Å². The Hall–Kier alpha value is -0.0400. The van der Waals surface area contributed by atoms with Crippen molar-refractivity contribution in [1.29, 1.82) is 0 Å². The molecule has 0 spiro atoms. The zero-order valence-corrected chi connectivity index (χ0v) is 11.8. The van der Waals surface area contributed by atoms with E-state index in [1.807, 2.05) is 0 Å². The average Bonchev–Trinajstić information content (AvgIpc) is 2.75. The highest BCUT2D eigenvalue weighted by Crippen LogP contribution is 2.56. The first-order valence-corrected chi connectivity index (χ1v) is 7.78. The molecule has 0 aromatic rings. The quantitative estimate of drug-likeness (QED) is 0.784. The molecule has 3 saturated carbocycles. The first-order chi connectivity index (χ1) is 8.03. The predicted molar refractivity (Wildman–Crippen MR) is 72.9 cm³/mol. The van der Waals surface area contributed by atoms with Crippen LogP contribution in [-0.2, 0) is 0 Å². The van der Waals surface area contributed by atoms with Crippen molar-refractivity contribution >= 4 is 0 Å². The van der Waals surface area contributed by atoms with Gasteiger partial charge in [-0.2, -0.15) is 0 Å². The standard InChI is InChI=1S/C16H29N/c1-16(2,3)17-10-13-6-7-14(13)15-9-11-4-5-12(15)8-11/h11-15,17H,4-10H2,1-3H3. The summed E-state index contributed by atoms with van der Waals surface area (Å²) in [5, 5.41) is 3.72. The Morgan fingerprint density at radius 2 is 1.76 bits per heavy atom. The van der Waals surface area contributed by atoms with E-state index in [4.69, 9.17) is 0 Å². The third-order valence-corrected chi connectivity index (χ3v) is 5.71. The maximum Gasteiger partial charge on any atom is 0.00966 e. The summed E-state index contributed by atoms with van der Waals surface area (Å²) in [6.07, 6.45) is 9.30. The van der Waals surface area contributed by atoms with Crippen LogP contribution in [0.2, 0.25) is 0 Å². The first kappa shape index (κ1) is 12.0. The molecule has 98 valence electrons. The zero-order chi connectivity index (χ0) is 12.0. The van der Waals surface area contributed by atoms with Gasteiger partial charge < -0.3 is 5.32 Å². The van der Waals surface area contributed by atoms with Crippen LogP contribution in [0.15, 0.2) is 0 Å². The summed E-state index contributed by atoms with van der Waals surface area (Å²) in [7, 11) is 0. The summed E-state index contributed by atoms with van der Waals surface area (Å²) in [6, 6.07) is 0. The molecule has 0 saturated heterocycles. The van der Waals surface area contributed by atoms with Gasteiger partial charge in [-0.1, -0.05) is 6.42 Å². The lowest BCUT2D eigenvalue weighted by molar-refractivity contribution is 0.0640. The van der Waals surface area contributed by atoms with Gasteiger partial charge in [0.1, 0.15) is 0 Å². The Morgan fingerprint density at radius 3 is 2.24 bits per heavy atom. The van der Waals surface area contributed by atoms with Gasteiger partial charge in [0, 0.05) is 5.54 Å². The summed E-state index contributed by atoms with van der Waals surface area (Å²) in [5.41, 5.74) is 0.300. The molecule has 0 heterocycles. The van der Waals surface area contributed by atoms with Gasteiger partial charge in [-0.25, -0.2) is 0 Å². The van der Waals surface area contributed by atoms with Gasteiger partial charge in [-0.15, -0.1) is 0 Å². The molecule has 3 fully saturated rings. The fraction of sp³-hybridized carbons (Fsp3) is 1.00. The summed E-state index contributed by atoms with van der Waals surface area (Å²) < 4.78 is 0. The van der Waals surface area contributed by atoms with E-state index in [1.54, 1.807) is 25.7 Å². The third-order valence-electron chi connectivity index (χ3n) is 5.71. The Kier molecular flexibility index (Phi) is 3.01. The number of hydrogen-bond acceptors (Lipinski definition) is 1. The average molecular weight is 235 g/mol. The molecule has 3 aliphatic rings. The predicted octanol–water partition coefficient (Wildman–Crippen LogP) is 3.84. The lowest BCUT2D eigenvalue weighted by Crippen LogP contribution is -2.46.